The van der Waals surface area contributed by atoms with E-state index in [9.17, 15) is 4.79 Å². The van der Waals surface area contributed by atoms with Crippen LogP contribution >= 0.6 is 11.8 Å². The Morgan fingerprint density at radius 1 is 0.971 bits per heavy atom. The number of rotatable bonds is 6. The Labute approximate surface area is 210 Å². The monoisotopic (exact) mass is 489 g/mol. The van der Waals surface area contributed by atoms with Crippen LogP contribution in [-0.2, 0) is 9.53 Å². The van der Waals surface area contributed by atoms with Gasteiger partial charge in [0.25, 0.3) is 0 Å². The molecule has 35 heavy (non-hydrogen) atoms. The Morgan fingerprint density at radius 3 is 2.49 bits per heavy atom. The van der Waals surface area contributed by atoms with Gasteiger partial charge in [-0.1, -0.05) is 29.5 Å². The van der Waals surface area contributed by atoms with E-state index in [4.69, 9.17) is 4.74 Å². The van der Waals surface area contributed by atoms with Gasteiger partial charge in [0.15, 0.2) is 5.82 Å². The molecule has 2 saturated heterocycles. The first-order valence-corrected chi connectivity index (χ1v) is 13.0. The molecule has 1 atom stereocenters. The number of aromatic nitrogens is 2. The highest BCUT2D eigenvalue weighted by Crippen LogP contribution is 2.34. The second kappa shape index (κ2) is 11.1. The topological polar surface area (TPSA) is 70.6 Å². The van der Waals surface area contributed by atoms with E-state index in [2.05, 4.69) is 68.4 Å². The van der Waals surface area contributed by atoms with Crippen LogP contribution in [0, 0.1) is 12.8 Å². The molecule has 1 unspecified atom stereocenters. The lowest BCUT2D eigenvalue weighted by molar-refractivity contribution is -0.120. The Bertz CT molecular complexity index is 1130. The molecule has 1 aromatic heterocycles. The van der Waals surface area contributed by atoms with Gasteiger partial charge in [-0.05, 0) is 56.2 Å². The van der Waals surface area contributed by atoms with Gasteiger partial charge in [0.2, 0.25) is 5.91 Å². The highest BCUT2D eigenvalue weighted by molar-refractivity contribution is 7.99. The number of anilines is 3. The summed E-state index contributed by atoms with van der Waals surface area (Å²) < 4.78 is 5.43. The number of benzene rings is 2. The number of ether oxygens (including phenoxy) is 1. The number of piperidine rings is 1. The fourth-order valence-corrected chi connectivity index (χ4v) is 5.41. The summed E-state index contributed by atoms with van der Waals surface area (Å²) in [6.45, 7) is 6.91. The normalized spacial score (nSPS) is 18.4. The molecule has 3 heterocycles. The first-order valence-electron chi connectivity index (χ1n) is 12.2. The van der Waals surface area contributed by atoms with Crippen LogP contribution in [0.2, 0.25) is 0 Å². The second-order valence-electron chi connectivity index (χ2n) is 9.02. The number of morpholine rings is 1. The molecule has 8 heteroatoms. The van der Waals surface area contributed by atoms with Gasteiger partial charge in [-0.25, -0.2) is 9.97 Å². The van der Waals surface area contributed by atoms with Crippen molar-refractivity contribution in [3.05, 3.63) is 66.5 Å². The Morgan fingerprint density at radius 2 is 1.71 bits per heavy atom. The molecule has 0 aliphatic carbocycles. The number of aryl methyl sites for hydroxylation is 1. The van der Waals surface area contributed by atoms with Gasteiger partial charge >= 0.3 is 0 Å². The summed E-state index contributed by atoms with van der Waals surface area (Å²) in [5, 5.41) is 3.99. The summed E-state index contributed by atoms with van der Waals surface area (Å²) >= 11 is 1.61. The first kappa shape index (κ1) is 23.6. The number of carbonyl (C=O) groups excluding carboxylic acids is 1. The van der Waals surface area contributed by atoms with Crippen LogP contribution in [0.15, 0.2) is 70.8 Å². The summed E-state index contributed by atoms with van der Waals surface area (Å²) in [6, 6.07) is 16.5. The minimum atomic E-state index is -0.0955. The number of carbonyl (C=O) groups is 1. The summed E-state index contributed by atoms with van der Waals surface area (Å²) in [4.78, 5) is 28.0. The van der Waals surface area contributed by atoms with Gasteiger partial charge in [-0.2, -0.15) is 0 Å². The van der Waals surface area contributed by atoms with E-state index in [1.165, 1.54) is 5.56 Å². The van der Waals surface area contributed by atoms with Crippen LogP contribution in [-0.4, -0.2) is 55.3 Å². The minimum Gasteiger partial charge on any atom is -0.378 e. The van der Waals surface area contributed by atoms with Crippen molar-refractivity contribution in [2.24, 2.45) is 5.92 Å². The molecule has 2 aliphatic rings. The van der Waals surface area contributed by atoms with E-state index in [0.717, 1.165) is 72.8 Å². The van der Waals surface area contributed by atoms with Crippen LogP contribution in [0.5, 0.6) is 0 Å². The molecular formula is C27H31N5O2S. The molecule has 2 aliphatic heterocycles. The van der Waals surface area contributed by atoms with Crippen LogP contribution in [0.3, 0.4) is 0 Å². The largest absolute Gasteiger partial charge is 0.378 e. The number of amides is 1. The highest BCUT2D eigenvalue weighted by atomic mass is 32.2. The van der Waals surface area contributed by atoms with Crippen molar-refractivity contribution in [2.75, 3.05) is 54.5 Å². The van der Waals surface area contributed by atoms with Crippen LogP contribution in [0.1, 0.15) is 18.4 Å². The number of nitrogens with zero attached hydrogens (tertiary/aromatic N) is 4. The Hall–Kier alpha value is -3.10. The Kier molecular flexibility index (Phi) is 7.49. The van der Waals surface area contributed by atoms with Gasteiger partial charge in [-0.3, -0.25) is 4.79 Å². The zero-order valence-electron chi connectivity index (χ0n) is 20.0. The predicted octanol–water partition coefficient (Wildman–Crippen LogP) is 4.63. The lowest BCUT2D eigenvalue weighted by Gasteiger charge is -2.33. The molecule has 0 bridgehead atoms. The fraction of sp³-hybridized carbons (Fsp3) is 0.370. The van der Waals surface area contributed by atoms with E-state index in [1.54, 1.807) is 24.2 Å². The molecular weight excluding hydrogens is 458 g/mol. The quantitative estimate of drug-likeness (QED) is 0.541. The third-order valence-electron chi connectivity index (χ3n) is 6.48. The average molecular weight is 490 g/mol. The smallest absolute Gasteiger partial charge is 0.229 e. The van der Waals surface area contributed by atoms with Crippen molar-refractivity contribution in [1.29, 1.82) is 0 Å². The standard InChI is InChI=1S/C27H31N5O2S/c1-20-4-10-24(11-5-20)35-27-25(28-12-13-29-27)32-14-2-3-21(19-32)26(33)30-22-6-8-23(9-7-22)31-15-17-34-18-16-31/h4-13,21H,2-3,14-19H2,1H3,(H,30,33). The van der Waals surface area contributed by atoms with E-state index >= 15 is 0 Å². The maximum Gasteiger partial charge on any atom is 0.229 e. The third-order valence-corrected chi connectivity index (χ3v) is 7.47. The van der Waals surface area contributed by atoms with Crippen molar-refractivity contribution in [2.45, 2.75) is 29.7 Å². The van der Waals surface area contributed by atoms with Crippen molar-refractivity contribution in [1.82, 2.24) is 9.97 Å². The first-order chi connectivity index (χ1) is 17.2. The van der Waals surface area contributed by atoms with Crippen LogP contribution < -0.4 is 15.1 Å². The summed E-state index contributed by atoms with van der Waals surface area (Å²) in [5.74, 6) is 0.817. The highest BCUT2D eigenvalue weighted by Gasteiger charge is 2.28. The second-order valence-corrected chi connectivity index (χ2v) is 10.1. The summed E-state index contributed by atoms with van der Waals surface area (Å²) in [6.07, 6.45) is 5.27. The maximum atomic E-state index is 13.1. The van der Waals surface area contributed by atoms with E-state index in [-0.39, 0.29) is 11.8 Å². The molecule has 0 spiro atoms. The van der Waals surface area contributed by atoms with Gasteiger partial charge in [-0.15, -0.1) is 0 Å². The van der Waals surface area contributed by atoms with Crippen molar-refractivity contribution in [3.8, 4) is 0 Å². The number of nitrogens with one attached hydrogen (secondary N) is 1. The van der Waals surface area contributed by atoms with Crippen molar-refractivity contribution < 1.29 is 9.53 Å². The van der Waals surface area contributed by atoms with E-state index < -0.39 is 0 Å². The number of hydrogen-bond acceptors (Lipinski definition) is 7. The molecule has 1 N–H and O–H groups in total. The van der Waals surface area contributed by atoms with Crippen molar-refractivity contribution >= 4 is 34.9 Å². The van der Waals surface area contributed by atoms with Gasteiger partial charge in [0.1, 0.15) is 5.03 Å². The minimum absolute atomic E-state index is 0.0606. The third kappa shape index (κ3) is 5.94. The zero-order chi connectivity index (χ0) is 24.0. The molecule has 0 radical (unpaired) electrons. The summed E-state index contributed by atoms with van der Waals surface area (Å²) in [5.41, 5.74) is 3.23. The molecule has 0 saturated carbocycles. The molecule has 2 aromatic carbocycles. The summed E-state index contributed by atoms with van der Waals surface area (Å²) in [7, 11) is 0. The molecule has 3 aromatic rings. The molecule has 5 rings (SSSR count). The number of hydrogen-bond donors (Lipinski definition) is 1. The van der Waals surface area contributed by atoms with Gasteiger partial charge < -0.3 is 19.9 Å². The lowest BCUT2D eigenvalue weighted by Crippen LogP contribution is -2.41. The average Bonchev–Trinajstić information content (AvgIpc) is 2.91. The van der Waals surface area contributed by atoms with Crippen LogP contribution in [0.4, 0.5) is 17.2 Å². The fourth-order valence-electron chi connectivity index (χ4n) is 4.53. The van der Waals surface area contributed by atoms with Gasteiger partial charge in [0, 0.05) is 54.8 Å². The molecule has 7 nitrogen and oxygen atoms in total. The molecule has 1 amide bonds. The van der Waals surface area contributed by atoms with E-state index in [0.29, 0.717) is 6.54 Å². The Balaban J connectivity index is 1.23. The predicted molar refractivity (Wildman–Crippen MR) is 140 cm³/mol. The van der Waals surface area contributed by atoms with Crippen LogP contribution in [0.25, 0.3) is 0 Å². The lowest BCUT2D eigenvalue weighted by atomic mass is 9.97. The van der Waals surface area contributed by atoms with E-state index in [1.807, 2.05) is 12.1 Å². The SMILES string of the molecule is Cc1ccc(Sc2nccnc2N2CCCC(C(=O)Nc3ccc(N4CCOCC4)cc3)C2)cc1. The van der Waals surface area contributed by atoms with Crippen molar-refractivity contribution in [3.63, 3.8) is 0 Å². The zero-order valence-corrected chi connectivity index (χ0v) is 20.8. The maximum absolute atomic E-state index is 13.1. The molecule has 182 valence electrons. The van der Waals surface area contributed by atoms with Gasteiger partial charge in [0.05, 0.1) is 19.1 Å². The molecule has 2 fully saturated rings.